The fourth-order valence-corrected chi connectivity index (χ4v) is 4.85. The van der Waals surface area contributed by atoms with Gasteiger partial charge in [0.15, 0.2) is 0 Å². The largest absolute Gasteiger partial charge is 0.432 e. The number of hydrogen-bond donors (Lipinski definition) is 3. The number of amides is 1. The maximum Gasteiger partial charge on any atom is 0.432 e. The Morgan fingerprint density at radius 3 is 2.59 bits per heavy atom. The van der Waals surface area contributed by atoms with Crippen LogP contribution in [0, 0.1) is 18.8 Å². The zero-order chi connectivity index (χ0) is 23.6. The van der Waals surface area contributed by atoms with E-state index in [-0.39, 0.29) is 17.9 Å². The number of aromatic amines is 1. The van der Waals surface area contributed by atoms with Crippen LogP contribution < -0.4 is 15.8 Å². The van der Waals surface area contributed by atoms with E-state index < -0.39 is 11.9 Å². The molecule has 1 amide bonds. The summed E-state index contributed by atoms with van der Waals surface area (Å²) < 4.78 is 38.6. The molecule has 0 spiro atoms. The maximum absolute atomic E-state index is 13.2. The summed E-state index contributed by atoms with van der Waals surface area (Å²) >= 11 is 0. The van der Waals surface area contributed by atoms with Crippen molar-refractivity contribution in [1.29, 1.82) is 0 Å². The van der Waals surface area contributed by atoms with Crippen LogP contribution in [0.15, 0.2) is 54.5 Å². The van der Waals surface area contributed by atoms with Crippen LogP contribution in [0.1, 0.15) is 35.8 Å². The lowest BCUT2D eigenvalue weighted by Gasteiger charge is -2.48. The van der Waals surface area contributed by atoms with Gasteiger partial charge in [-0.1, -0.05) is 6.07 Å². The summed E-state index contributed by atoms with van der Waals surface area (Å²) in [5, 5.41) is 0. The number of alkyl halides is 3. The normalized spacial score (nSPS) is 22.6. The summed E-state index contributed by atoms with van der Waals surface area (Å²) in [6, 6.07) is 9.30. The number of anilines is 1. The van der Waals surface area contributed by atoms with E-state index in [9.17, 15) is 18.0 Å². The Kier molecular flexibility index (Phi) is 4.48. The van der Waals surface area contributed by atoms with Crippen molar-refractivity contribution in [3.63, 3.8) is 0 Å². The third kappa shape index (κ3) is 3.32. The first-order valence-electron chi connectivity index (χ1n) is 11.1. The van der Waals surface area contributed by atoms with Crippen molar-refractivity contribution in [1.82, 2.24) is 25.8 Å². The number of hydrazine groups is 1. The highest BCUT2D eigenvalue weighted by Gasteiger charge is 2.55. The number of pyridine rings is 1. The number of rotatable bonds is 4. The van der Waals surface area contributed by atoms with Gasteiger partial charge in [-0.3, -0.25) is 20.6 Å². The lowest BCUT2D eigenvalue weighted by atomic mass is 9.78. The summed E-state index contributed by atoms with van der Waals surface area (Å²) in [4.78, 5) is 27.0. The van der Waals surface area contributed by atoms with Crippen LogP contribution in [0.5, 0.6) is 0 Å². The molecule has 2 aromatic heterocycles. The monoisotopic (exact) mass is 466 g/mol. The van der Waals surface area contributed by atoms with Crippen LogP contribution in [-0.4, -0.2) is 27.0 Å². The molecule has 34 heavy (non-hydrogen) atoms. The average molecular weight is 466 g/mol. The minimum atomic E-state index is -4.46. The van der Waals surface area contributed by atoms with Crippen molar-refractivity contribution in [2.45, 2.75) is 32.0 Å². The number of carbonyl (C=O) groups excluding carboxylic acids is 1. The standard InChI is InChI=1S/C24H21F3N6O/c1-12-15(5-7-17(30-12)18-8-9-20(32-31-18)24(25,26)27)22-21(13-2-3-13)23(34)33(22)14-4-6-16-19(10-14)29-11-28-16/h4-11,13,21-22,31-32H,2-3H2,1H3,(H,28,29)/t21?,22-/m1/s1. The summed E-state index contributed by atoms with van der Waals surface area (Å²) in [5.41, 5.74) is 9.01. The third-order valence-corrected chi connectivity index (χ3v) is 6.73. The Morgan fingerprint density at radius 1 is 1.09 bits per heavy atom. The number of aromatic nitrogens is 3. The van der Waals surface area contributed by atoms with Crippen LogP contribution in [0.2, 0.25) is 0 Å². The molecule has 174 valence electrons. The smallest absolute Gasteiger partial charge is 0.345 e. The molecule has 3 aliphatic rings. The van der Waals surface area contributed by atoms with E-state index >= 15 is 0 Å². The Balaban J connectivity index is 1.34. The lowest BCUT2D eigenvalue weighted by molar-refractivity contribution is -0.131. The number of imidazole rings is 1. The summed E-state index contributed by atoms with van der Waals surface area (Å²) in [6.45, 7) is 1.87. The number of fused-ring (bicyclic) bond motifs is 1. The van der Waals surface area contributed by atoms with Gasteiger partial charge in [0.25, 0.3) is 0 Å². The van der Waals surface area contributed by atoms with Gasteiger partial charge in [0.05, 0.1) is 40.7 Å². The molecule has 2 atom stereocenters. The van der Waals surface area contributed by atoms with Gasteiger partial charge in [-0.25, -0.2) is 4.98 Å². The average Bonchev–Trinajstić information content (AvgIpc) is 3.52. The van der Waals surface area contributed by atoms with Crippen molar-refractivity contribution in [2.24, 2.45) is 11.8 Å². The third-order valence-electron chi connectivity index (χ3n) is 6.73. The molecule has 4 heterocycles. The Morgan fingerprint density at radius 2 is 1.91 bits per heavy atom. The fourth-order valence-electron chi connectivity index (χ4n) is 4.85. The van der Waals surface area contributed by atoms with E-state index in [0.717, 1.165) is 46.9 Å². The number of allylic oxidation sites excluding steroid dienone is 3. The predicted molar refractivity (Wildman–Crippen MR) is 120 cm³/mol. The lowest BCUT2D eigenvalue weighted by Crippen LogP contribution is -2.56. The Labute approximate surface area is 192 Å². The highest BCUT2D eigenvalue weighted by Crippen LogP contribution is 2.54. The molecular formula is C24H21F3N6O. The van der Waals surface area contributed by atoms with Gasteiger partial charge in [-0.2, -0.15) is 13.2 Å². The number of nitrogens with zero attached hydrogens (tertiary/aromatic N) is 3. The molecule has 10 heteroatoms. The zero-order valence-electron chi connectivity index (χ0n) is 18.1. The van der Waals surface area contributed by atoms with Crippen LogP contribution in [0.3, 0.4) is 0 Å². The van der Waals surface area contributed by atoms with Gasteiger partial charge < -0.3 is 9.88 Å². The molecule has 1 aromatic carbocycles. The van der Waals surface area contributed by atoms with E-state index in [1.54, 1.807) is 12.4 Å². The minimum absolute atomic E-state index is 0.0906. The van der Waals surface area contributed by atoms with Crippen molar-refractivity contribution < 1.29 is 18.0 Å². The van der Waals surface area contributed by atoms with Gasteiger partial charge in [0, 0.05) is 11.4 Å². The first-order chi connectivity index (χ1) is 16.3. The summed E-state index contributed by atoms with van der Waals surface area (Å²) in [5.74, 6) is 0.392. The number of aryl methyl sites for hydroxylation is 1. The topological polar surface area (TPSA) is 85.9 Å². The quantitative estimate of drug-likeness (QED) is 0.500. The molecule has 3 N–H and O–H groups in total. The molecule has 7 nitrogen and oxygen atoms in total. The van der Waals surface area contributed by atoms with Gasteiger partial charge in [0.1, 0.15) is 5.70 Å². The van der Waals surface area contributed by atoms with Crippen LogP contribution in [0.4, 0.5) is 18.9 Å². The Hall–Kier alpha value is -3.82. The highest BCUT2D eigenvalue weighted by atomic mass is 19.4. The summed E-state index contributed by atoms with van der Waals surface area (Å²) in [6.07, 6.45) is 1.59. The van der Waals surface area contributed by atoms with Crippen molar-refractivity contribution >= 4 is 28.3 Å². The number of H-pyrrole nitrogens is 1. The first kappa shape index (κ1) is 20.8. The second kappa shape index (κ2) is 7.34. The molecule has 1 saturated heterocycles. The molecule has 6 rings (SSSR count). The van der Waals surface area contributed by atoms with Gasteiger partial charge in [0.2, 0.25) is 5.91 Å². The number of hydrogen-bond acceptors (Lipinski definition) is 5. The molecule has 0 bridgehead atoms. The number of benzene rings is 1. The van der Waals surface area contributed by atoms with Gasteiger partial charge in [-0.05, 0) is 67.7 Å². The first-order valence-corrected chi connectivity index (χ1v) is 11.1. The maximum atomic E-state index is 13.2. The molecule has 3 aromatic rings. The highest BCUT2D eigenvalue weighted by molar-refractivity contribution is 6.04. The minimum Gasteiger partial charge on any atom is -0.345 e. The van der Waals surface area contributed by atoms with E-state index in [0.29, 0.717) is 17.3 Å². The van der Waals surface area contributed by atoms with Crippen LogP contribution >= 0.6 is 0 Å². The molecular weight excluding hydrogens is 445 g/mol. The molecule has 0 radical (unpaired) electrons. The van der Waals surface area contributed by atoms with E-state index in [1.165, 1.54) is 6.08 Å². The van der Waals surface area contributed by atoms with Crippen LogP contribution in [0.25, 0.3) is 16.7 Å². The second-order valence-corrected chi connectivity index (χ2v) is 8.90. The SMILES string of the molecule is Cc1nc(C2=CC=C(C(F)(F)F)NN2)ccc1[C@@H]1C(C2CC2)C(=O)N1c1ccc2[nH]cnc2c1. The molecule has 1 unspecified atom stereocenters. The number of β-lactam (4-membered cyclic amide) rings is 1. The fraction of sp³-hybridized carbons (Fsp3) is 0.292. The molecule has 1 aliphatic carbocycles. The van der Waals surface area contributed by atoms with Crippen molar-refractivity contribution in [3.8, 4) is 0 Å². The van der Waals surface area contributed by atoms with Crippen molar-refractivity contribution in [2.75, 3.05) is 4.90 Å². The van der Waals surface area contributed by atoms with Crippen LogP contribution in [-0.2, 0) is 4.79 Å². The predicted octanol–water partition coefficient (Wildman–Crippen LogP) is 4.28. The van der Waals surface area contributed by atoms with E-state index in [1.807, 2.05) is 36.1 Å². The van der Waals surface area contributed by atoms with Crippen molar-refractivity contribution in [3.05, 3.63) is 71.5 Å². The molecule has 2 fully saturated rings. The number of halogens is 3. The Bertz CT molecular complexity index is 1370. The van der Waals surface area contributed by atoms with E-state index in [4.69, 9.17) is 0 Å². The van der Waals surface area contributed by atoms with Gasteiger partial charge >= 0.3 is 6.18 Å². The van der Waals surface area contributed by atoms with Gasteiger partial charge in [-0.15, -0.1) is 0 Å². The zero-order valence-corrected chi connectivity index (χ0v) is 18.1. The van der Waals surface area contributed by atoms with E-state index in [2.05, 4.69) is 25.8 Å². The molecule has 2 aliphatic heterocycles. The number of carbonyl (C=O) groups is 1. The number of nitrogens with one attached hydrogen (secondary N) is 3. The molecule has 1 saturated carbocycles. The summed E-state index contributed by atoms with van der Waals surface area (Å²) in [7, 11) is 0. The second-order valence-electron chi connectivity index (χ2n) is 8.90.